The Hall–Kier alpha value is -3.32. The molecule has 0 aliphatic heterocycles. The van der Waals surface area contributed by atoms with Crippen LogP contribution in [0.25, 0.3) is 11.1 Å². The quantitative estimate of drug-likeness (QED) is 0.298. The third-order valence-electron chi connectivity index (χ3n) is 6.32. The minimum Gasteiger partial charge on any atom is -0.494 e. The lowest BCUT2D eigenvalue weighted by Crippen LogP contribution is -2.20. The Balaban J connectivity index is 1.48. The molecule has 1 aliphatic rings. The van der Waals surface area contributed by atoms with Crippen molar-refractivity contribution in [3.05, 3.63) is 83.2 Å². The van der Waals surface area contributed by atoms with Gasteiger partial charge in [-0.05, 0) is 73.1 Å². The number of methoxy groups -OCH3 is 2. The third kappa shape index (κ3) is 4.94. The zero-order chi connectivity index (χ0) is 24.2. The number of ether oxygens (including phenoxy) is 3. The minimum atomic E-state index is -0.898. The van der Waals surface area contributed by atoms with Crippen LogP contribution in [0.1, 0.15) is 47.5 Å². The molecule has 3 aromatic rings. The van der Waals surface area contributed by atoms with Gasteiger partial charge in [-0.1, -0.05) is 24.3 Å². The number of hydrogen-bond acceptors (Lipinski definition) is 4. The summed E-state index contributed by atoms with van der Waals surface area (Å²) in [6, 6.07) is 13.0. The Bertz CT molecular complexity index is 1170. The molecule has 0 aromatic heterocycles. The topological polar surface area (TPSA) is 44.8 Å². The molecule has 7 heteroatoms. The van der Waals surface area contributed by atoms with E-state index in [0.29, 0.717) is 11.1 Å². The molecular weight excluding hydrogens is 445 g/mol. The molecule has 1 fully saturated rings. The number of benzene rings is 3. The van der Waals surface area contributed by atoms with Crippen molar-refractivity contribution in [3.8, 4) is 22.6 Å². The molecule has 1 saturated carbocycles. The highest BCUT2D eigenvalue weighted by atomic mass is 19.2. The molecule has 0 N–H and O–H groups in total. The van der Waals surface area contributed by atoms with Gasteiger partial charge in [-0.3, -0.25) is 0 Å². The Morgan fingerprint density at radius 1 is 0.853 bits per heavy atom. The zero-order valence-electron chi connectivity index (χ0n) is 18.9. The molecule has 0 unspecified atom stereocenters. The average molecular weight is 470 g/mol. The average Bonchev–Trinajstić information content (AvgIpc) is 2.86. The van der Waals surface area contributed by atoms with Crippen molar-refractivity contribution in [2.24, 2.45) is 0 Å². The zero-order valence-corrected chi connectivity index (χ0v) is 18.9. The first-order chi connectivity index (χ1) is 16.4. The maximum absolute atomic E-state index is 14.9. The van der Waals surface area contributed by atoms with Crippen LogP contribution in [0.4, 0.5) is 13.2 Å². The van der Waals surface area contributed by atoms with Crippen LogP contribution in [-0.4, -0.2) is 26.3 Å². The van der Waals surface area contributed by atoms with Crippen LogP contribution in [0.3, 0.4) is 0 Å². The van der Waals surface area contributed by atoms with E-state index in [4.69, 9.17) is 14.2 Å². The molecule has 3 aromatic carbocycles. The number of esters is 1. The Kier molecular flexibility index (Phi) is 7.22. The van der Waals surface area contributed by atoms with Gasteiger partial charge >= 0.3 is 5.97 Å². The van der Waals surface area contributed by atoms with Gasteiger partial charge in [0.1, 0.15) is 5.75 Å². The second kappa shape index (κ2) is 10.3. The van der Waals surface area contributed by atoms with Gasteiger partial charge in [0.2, 0.25) is 0 Å². The second-order valence-corrected chi connectivity index (χ2v) is 8.30. The summed E-state index contributed by atoms with van der Waals surface area (Å²) in [5.41, 5.74) is 0.988. The Morgan fingerprint density at radius 3 is 2.18 bits per heavy atom. The lowest BCUT2D eigenvalue weighted by molar-refractivity contribution is 0.0655. The molecule has 0 amide bonds. The lowest BCUT2D eigenvalue weighted by atomic mass is 9.82. The highest BCUT2D eigenvalue weighted by Crippen LogP contribution is 2.38. The van der Waals surface area contributed by atoms with Crippen molar-refractivity contribution in [1.29, 1.82) is 0 Å². The summed E-state index contributed by atoms with van der Waals surface area (Å²) in [7, 11) is 3.00. The molecule has 0 radical (unpaired) electrons. The molecule has 0 spiro atoms. The number of halogens is 3. The third-order valence-corrected chi connectivity index (χ3v) is 6.32. The van der Waals surface area contributed by atoms with Crippen LogP contribution in [0.5, 0.6) is 11.5 Å². The molecule has 34 heavy (non-hydrogen) atoms. The van der Waals surface area contributed by atoms with E-state index in [1.54, 1.807) is 31.4 Å². The first-order valence-corrected chi connectivity index (χ1v) is 11.1. The standard InChI is InChI=1S/C27H25F3O4/c1-32-19-8-3-16(4-9-19)21-12-13-22(26(30)25(21)29)17-5-10-20(11-6-17)34-27(31)18-7-14-24(33-2)23(28)15-18/h5-7,10-16,19H,3-4,8-9H2,1-2H3. The fraction of sp³-hybridized carbons (Fsp3) is 0.296. The van der Waals surface area contributed by atoms with Crippen molar-refractivity contribution >= 4 is 5.97 Å². The van der Waals surface area contributed by atoms with E-state index >= 15 is 0 Å². The van der Waals surface area contributed by atoms with Crippen molar-refractivity contribution in [3.63, 3.8) is 0 Å². The largest absolute Gasteiger partial charge is 0.494 e. The monoisotopic (exact) mass is 470 g/mol. The van der Waals surface area contributed by atoms with Crippen LogP contribution in [0.15, 0.2) is 54.6 Å². The number of carbonyl (C=O) groups excluding carboxylic acids is 1. The summed E-state index contributed by atoms with van der Waals surface area (Å²) in [4.78, 5) is 12.3. The summed E-state index contributed by atoms with van der Waals surface area (Å²) in [5, 5.41) is 0. The van der Waals surface area contributed by atoms with Gasteiger partial charge in [-0.25, -0.2) is 18.0 Å². The van der Waals surface area contributed by atoms with Crippen LogP contribution in [-0.2, 0) is 4.74 Å². The minimum absolute atomic E-state index is 0.0174. The van der Waals surface area contributed by atoms with Crippen LogP contribution >= 0.6 is 0 Å². The Morgan fingerprint density at radius 2 is 1.56 bits per heavy atom. The van der Waals surface area contributed by atoms with Crippen molar-refractivity contribution in [1.82, 2.24) is 0 Å². The summed E-state index contributed by atoms with van der Waals surface area (Å²) in [6.07, 6.45) is 3.35. The van der Waals surface area contributed by atoms with Crippen LogP contribution < -0.4 is 9.47 Å². The van der Waals surface area contributed by atoms with E-state index in [0.717, 1.165) is 31.7 Å². The predicted molar refractivity (Wildman–Crippen MR) is 122 cm³/mol. The van der Waals surface area contributed by atoms with E-state index in [2.05, 4.69) is 0 Å². The summed E-state index contributed by atoms with van der Waals surface area (Å²) in [6.45, 7) is 0. The lowest BCUT2D eigenvalue weighted by Gasteiger charge is -2.28. The molecule has 0 atom stereocenters. The predicted octanol–water partition coefficient (Wildman–Crippen LogP) is 6.67. The molecule has 4 rings (SSSR count). The van der Waals surface area contributed by atoms with Crippen molar-refractivity contribution < 1.29 is 32.2 Å². The normalized spacial score (nSPS) is 17.9. The van der Waals surface area contributed by atoms with E-state index in [1.165, 1.54) is 31.4 Å². The summed E-state index contributed by atoms with van der Waals surface area (Å²) in [5.74, 6) is -2.97. The fourth-order valence-corrected chi connectivity index (χ4v) is 4.37. The van der Waals surface area contributed by atoms with Gasteiger partial charge in [-0.2, -0.15) is 0 Å². The molecule has 178 valence electrons. The Labute approximate surface area is 196 Å². The molecule has 0 bridgehead atoms. The summed E-state index contributed by atoms with van der Waals surface area (Å²) < 4.78 is 59.2. The van der Waals surface area contributed by atoms with E-state index in [-0.39, 0.29) is 34.6 Å². The van der Waals surface area contributed by atoms with E-state index in [9.17, 15) is 18.0 Å². The maximum atomic E-state index is 14.9. The van der Waals surface area contributed by atoms with Gasteiger partial charge in [0.15, 0.2) is 23.2 Å². The number of carbonyl (C=O) groups is 1. The molecule has 1 aliphatic carbocycles. The SMILES string of the molecule is COc1ccc(C(=O)Oc2ccc(-c3ccc(C4CCC(OC)CC4)c(F)c3F)cc2)cc1F. The van der Waals surface area contributed by atoms with Crippen molar-refractivity contribution in [2.75, 3.05) is 14.2 Å². The van der Waals surface area contributed by atoms with Gasteiger partial charge < -0.3 is 14.2 Å². The van der Waals surface area contributed by atoms with Crippen molar-refractivity contribution in [2.45, 2.75) is 37.7 Å². The molecular formula is C27H25F3O4. The van der Waals surface area contributed by atoms with Gasteiger partial charge in [0, 0.05) is 12.7 Å². The highest BCUT2D eigenvalue weighted by molar-refractivity contribution is 5.91. The number of hydrogen-bond donors (Lipinski definition) is 0. The summed E-state index contributed by atoms with van der Waals surface area (Å²) >= 11 is 0. The van der Waals surface area contributed by atoms with Crippen LogP contribution in [0, 0.1) is 17.5 Å². The van der Waals surface area contributed by atoms with Gasteiger partial charge in [0.25, 0.3) is 0 Å². The second-order valence-electron chi connectivity index (χ2n) is 8.30. The fourth-order valence-electron chi connectivity index (χ4n) is 4.37. The van der Waals surface area contributed by atoms with E-state index in [1.807, 2.05) is 0 Å². The molecule has 4 nitrogen and oxygen atoms in total. The van der Waals surface area contributed by atoms with Crippen LogP contribution in [0.2, 0.25) is 0 Å². The molecule has 0 heterocycles. The molecule has 0 saturated heterocycles. The highest BCUT2D eigenvalue weighted by Gasteiger charge is 2.26. The maximum Gasteiger partial charge on any atom is 0.343 e. The first kappa shape index (κ1) is 23.8. The van der Waals surface area contributed by atoms with Gasteiger partial charge in [0.05, 0.1) is 18.8 Å². The van der Waals surface area contributed by atoms with Gasteiger partial charge in [-0.15, -0.1) is 0 Å². The van der Waals surface area contributed by atoms with E-state index < -0.39 is 23.4 Å². The first-order valence-electron chi connectivity index (χ1n) is 11.1. The number of rotatable bonds is 6. The smallest absolute Gasteiger partial charge is 0.343 e.